The van der Waals surface area contributed by atoms with E-state index in [-0.39, 0.29) is 17.7 Å². The first-order valence-electron chi connectivity index (χ1n) is 4.49. The second kappa shape index (κ2) is 2.71. The summed E-state index contributed by atoms with van der Waals surface area (Å²) in [6.45, 7) is 3.65. The molecule has 2 aliphatic heterocycles. The predicted octanol–water partition coefficient (Wildman–Crippen LogP) is -0.0913. The number of rotatable bonds is 1. The number of ether oxygens (including phenoxy) is 1. The molecule has 2 fully saturated rings. The average molecular weight is 180 g/mol. The van der Waals surface area contributed by atoms with Gasteiger partial charge < -0.3 is 10.1 Å². The Labute approximate surface area is 76.9 Å². The smallest absolute Gasteiger partial charge is 0.241 e. The van der Waals surface area contributed by atoms with E-state index in [1.54, 1.807) is 0 Å². The first-order valence-corrected chi connectivity index (χ1v) is 4.49. The van der Waals surface area contributed by atoms with E-state index < -0.39 is 5.41 Å². The van der Waals surface area contributed by atoms with Gasteiger partial charge in [-0.25, -0.2) is 0 Å². The van der Waals surface area contributed by atoms with Gasteiger partial charge in [0.15, 0.2) is 0 Å². The van der Waals surface area contributed by atoms with Crippen molar-refractivity contribution in [2.45, 2.75) is 6.92 Å². The molecular formula is C9H12N2O2. The van der Waals surface area contributed by atoms with Crippen LogP contribution in [0.5, 0.6) is 0 Å². The second-order valence-corrected chi connectivity index (χ2v) is 3.83. The van der Waals surface area contributed by atoms with Crippen molar-refractivity contribution in [2.24, 2.45) is 17.3 Å². The zero-order chi connectivity index (χ0) is 9.47. The van der Waals surface area contributed by atoms with Crippen molar-refractivity contribution in [3.8, 4) is 6.07 Å². The summed E-state index contributed by atoms with van der Waals surface area (Å²) in [5.74, 6) is 0.0738. The minimum atomic E-state index is -0.821. The molecule has 2 saturated heterocycles. The van der Waals surface area contributed by atoms with Crippen LogP contribution in [0.1, 0.15) is 6.92 Å². The van der Waals surface area contributed by atoms with E-state index >= 15 is 0 Å². The molecule has 0 aromatic rings. The number of nitrogens with zero attached hydrogens (tertiary/aromatic N) is 1. The Balaban J connectivity index is 2.32. The Morgan fingerprint density at radius 3 is 2.69 bits per heavy atom. The van der Waals surface area contributed by atoms with Crippen LogP contribution in [0, 0.1) is 28.6 Å². The van der Waals surface area contributed by atoms with Crippen LogP contribution >= 0.6 is 0 Å². The molecule has 1 amide bonds. The molecule has 0 aliphatic carbocycles. The van der Waals surface area contributed by atoms with Crippen molar-refractivity contribution < 1.29 is 9.53 Å². The van der Waals surface area contributed by atoms with Crippen LogP contribution in [-0.2, 0) is 9.53 Å². The molecule has 0 radical (unpaired) electrons. The Hall–Kier alpha value is -1.08. The summed E-state index contributed by atoms with van der Waals surface area (Å²) in [5.41, 5.74) is -0.821. The Bertz CT molecular complexity index is 280. The van der Waals surface area contributed by atoms with E-state index in [1.807, 2.05) is 6.92 Å². The molecule has 2 atom stereocenters. The third-order valence-electron chi connectivity index (χ3n) is 3.19. The van der Waals surface area contributed by atoms with Gasteiger partial charge in [-0.2, -0.15) is 5.26 Å². The fourth-order valence-corrected chi connectivity index (χ4v) is 2.12. The lowest BCUT2D eigenvalue weighted by Gasteiger charge is -2.37. The Morgan fingerprint density at radius 2 is 2.38 bits per heavy atom. The normalized spacial score (nSPS) is 39.4. The van der Waals surface area contributed by atoms with Crippen molar-refractivity contribution in [3.63, 3.8) is 0 Å². The van der Waals surface area contributed by atoms with Crippen LogP contribution in [0.4, 0.5) is 0 Å². The van der Waals surface area contributed by atoms with Crippen LogP contribution in [-0.4, -0.2) is 25.7 Å². The number of carbonyl (C=O) groups is 1. The largest absolute Gasteiger partial charge is 0.381 e. The quantitative estimate of drug-likeness (QED) is 0.613. The molecule has 2 aliphatic rings. The molecular weight excluding hydrogens is 168 g/mol. The van der Waals surface area contributed by atoms with E-state index in [1.165, 1.54) is 0 Å². The molecule has 2 heterocycles. The first-order chi connectivity index (χ1) is 6.21. The van der Waals surface area contributed by atoms with Gasteiger partial charge >= 0.3 is 0 Å². The van der Waals surface area contributed by atoms with E-state index in [0.717, 1.165) is 0 Å². The fourth-order valence-electron chi connectivity index (χ4n) is 2.12. The molecule has 0 unspecified atom stereocenters. The van der Waals surface area contributed by atoms with Gasteiger partial charge in [0.05, 0.1) is 19.3 Å². The summed E-state index contributed by atoms with van der Waals surface area (Å²) >= 11 is 0. The minimum absolute atomic E-state index is 0.0926. The van der Waals surface area contributed by atoms with Crippen LogP contribution in [0.2, 0.25) is 0 Å². The Kier molecular flexibility index (Phi) is 1.77. The lowest BCUT2D eigenvalue weighted by atomic mass is 9.68. The van der Waals surface area contributed by atoms with Crippen molar-refractivity contribution in [3.05, 3.63) is 0 Å². The highest BCUT2D eigenvalue weighted by atomic mass is 16.5. The maximum Gasteiger partial charge on any atom is 0.241 e. The second-order valence-electron chi connectivity index (χ2n) is 3.83. The van der Waals surface area contributed by atoms with Crippen LogP contribution in [0.15, 0.2) is 0 Å². The maximum absolute atomic E-state index is 11.6. The molecule has 70 valence electrons. The summed E-state index contributed by atoms with van der Waals surface area (Å²) in [6, 6.07) is 2.19. The molecule has 0 saturated carbocycles. The molecule has 0 aromatic heterocycles. The van der Waals surface area contributed by atoms with Crippen LogP contribution < -0.4 is 5.32 Å². The van der Waals surface area contributed by atoms with E-state index in [4.69, 9.17) is 10.00 Å². The van der Waals surface area contributed by atoms with E-state index in [9.17, 15) is 4.79 Å². The van der Waals surface area contributed by atoms with Crippen molar-refractivity contribution in [1.82, 2.24) is 5.32 Å². The SMILES string of the molecule is C[C@@H]1CNC(=O)[C@@]1(C#N)C1COC1. The van der Waals surface area contributed by atoms with Gasteiger partial charge in [0, 0.05) is 18.4 Å². The number of carbonyl (C=O) groups excluding carboxylic acids is 1. The third-order valence-corrected chi connectivity index (χ3v) is 3.19. The van der Waals surface area contributed by atoms with Crippen LogP contribution in [0.3, 0.4) is 0 Å². The fraction of sp³-hybridized carbons (Fsp3) is 0.778. The highest BCUT2D eigenvalue weighted by molar-refractivity contribution is 5.88. The lowest BCUT2D eigenvalue weighted by molar-refractivity contribution is -0.141. The van der Waals surface area contributed by atoms with Gasteiger partial charge in [-0.15, -0.1) is 0 Å². The minimum Gasteiger partial charge on any atom is -0.381 e. The number of nitriles is 1. The number of hydrogen-bond donors (Lipinski definition) is 1. The molecule has 2 rings (SSSR count). The molecule has 0 spiro atoms. The summed E-state index contributed by atoms with van der Waals surface area (Å²) in [4.78, 5) is 11.6. The summed E-state index contributed by atoms with van der Waals surface area (Å²) in [5, 5.41) is 11.9. The molecule has 13 heavy (non-hydrogen) atoms. The van der Waals surface area contributed by atoms with E-state index in [2.05, 4.69) is 11.4 Å². The standard InChI is InChI=1S/C9H12N2O2/c1-6-2-11-8(12)9(6,5-10)7-3-13-4-7/h6-7H,2-4H2,1H3,(H,11,12)/t6-,9-/m1/s1. The van der Waals surface area contributed by atoms with Crippen molar-refractivity contribution in [1.29, 1.82) is 5.26 Å². The highest BCUT2D eigenvalue weighted by Gasteiger charge is 2.56. The van der Waals surface area contributed by atoms with Gasteiger partial charge in [0.1, 0.15) is 5.41 Å². The average Bonchev–Trinajstić information content (AvgIpc) is 2.30. The first kappa shape index (κ1) is 8.52. The third kappa shape index (κ3) is 0.909. The molecule has 4 nitrogen and oxygen atoms in total. The topological polar surface area (TPSA) is 62.1 Å². The molecule has 1 N–H and O–H groups in total. The molecule has 0 aromatic carbocycles. The van der Waals surface area contributed by atoms with Gasteiger partial charge in [-0.1, -0.05) is 6.92 Å². The maximum atomic E-state index is 11.6. The van der Waals surface area contributed by atoms with Gasteiger partial charge in [-0.3, -0.25) is 4.79 Å². The number of nitrogens with one attached hydrogen (secondary N) is 1. The zero-order valence-corrected chi connectivity index (χ0v) is 7.54. The number of amides is 1. The van der Waals surface area contributed by atoms with Gasteiger partial charge in [-0.05, 0) is 0 Å². The van der Waals surface area contributed by atoms with Crippen molar-refractivity contribution in [2.75, 3.05) is 19.8 Å². The lowest BCUT2D eigenvalue weighted by Crippen LogP contribution is -2.49. The number of hydrogen-bond acceptors (Lipinski definition) is 3. The molecule has 4 heteroatoms. The summed E-state index contributed by atoms with van der Waals surface area (Å²) in [7, 11) is 0. The Morgan fingerprint density at radius 1 is 1.69 bits per heavy atom. The van der Waals surface area contributed by atoms with Gasteiger partial charge in [0.25, 0.3) is 0 Å². The van der Waals surface area contributed by atoms with Crippen molar-refractivity contribution >= 4 is 5.91 Å². The highest BCUT2D eigenvalue weighted by Crippen LogP contribution is 2.42. The predicted molar refractivity (Wildman–Crippen MR) is 44.5 cm³/mol. The van der Waals surface area contributed by atoms with E-state index in [0.29, 0.717) is 19.8 Å². The summed E-state index contributed by atoms with van der Waals surface area (Å²) < 4.78 is 5.04. The van der Waals surface area contributed by atoms with Gasteiger partial charge in [0.2, 0.25) is 5.91 Å². The summed E-state index contributed by atoms with van der Waals surface area (Å²) in [6.07, 6.45) is 0. The van der Waals surface area contributed by atoms with Crippen LogP contribution in [0.25, 0.3) is 0 Å². The zero-order valence-electron chi connectivity index (χ0n) is 7.54. The monoisotopic (exact) mass is 180 g/mol. The molecule has 0 bridgehead atoms.